The van der Waals surface area contributed by atoms with Crippen LogP contribution in [0.3, 0.4) is 0 Å². The minimum Gasteiger partial charge on any atom is -0.619 e. The van der Waals surface area contributed by atoms with Crippen LogP contribution in [0.5, 0.6) is 0 Å². The Bertz CT molecular complexity index is 697. The van der Waals surface area contributed by atoms with Gasteiger partial charge in [0.2, 0.25) is 0 Å². The molecule has 4 nitrogen and oxygen atoms in total. The van der Waals surface area contributed by atoms with E-state index < -0.39 is 0 Å². The van der Waals surface area contributed by atoms with Gasteiger partial charge in [-0.05, 0) is 49.7 Å². The van der Waals surface area contributed by atoms with Gasteiger partial charge in [-0.2, -0.15) is 4.73 Å². The van der Waals surface area contributed by atoms with Crippen LogP contribution < -0.4 is 4.73 Å². The first-order chi connectivity index (χ1) is 11.6. The predicted molar refractivity (Wildman–Crippen MR) is 93.5 cm³/mol. The average Bonchev–Trinajstić information content (AvgIpc) is 2.61. The van der Waals surface area contributed by atoms with E-state index in [1.807, 2.05) is 4.90 Å². The highest BCUT2D eigenvalue weighted by atomic mass is 16.5. The average molecular weight is 324 g/mol. The number of aromatic nitrogens is 1. The van der Waals surface area contributed by atoms with Crippen molar-refractivity contribution in [2.45, 2.75) is 32.6 Å². The number of hydrogen-bond donors (Lipinski definition) is 0. The quantitative estimate of drug-likeness (QED) is 0.641. The molecule has 1 aromatic carbocycles. The van der Waals surface area contributed by atoms with E-state index in [4.69, 9.17) is 0 Å². The molecule has 126 valence electrons. The number of carbonyl (C=O) groups excluding carboxylic acids is 1. The Kier molecular flexibility index (Phi) is 5.14. The fourth-order valence-electron chi connectivity index (χ4n) is 3.47. The molecule has 0 spiro atoms. The lowest BCUT2D eigenvalue weighted by molar-refractivity contribution is -0.605. The Labute approximate surface area is 143 Å². The van der Waals surface area contributed by atoms with Crippen LogP contribution in [-0.2, 0) is 6.42 Å². The van der Waals surface area contributed by atoms with Crippen molar-refractivity contribution in [3.05, 3.63) is 70.7 Å². The van der Waals surface area contributed by atoms with Crippen molar-refractivity contribution in [3.8, 4) is 0 Å². The number of amides is 1. The van der Waals surface area contributed by atoms with Gasteiger partial charge in [0, 0.05) is 25.2 Å². The van der Waals surface area contributed by atoms with Crippen LogP contribution in [0.1, 0.15) is 40.7 Å². The summed E-state index contributed by atoms with van der Waals surface area (Å²) in [6.45, 7) is 3.78. The number of hydrogen-bond acceptors (Lipinski definition) is 2. The molecular formula is C20H24N2O2. The van der Waals surface area contributed by atoms with Gasteiger partial charge in [-0.15, -0.1) is 0 Å². The van der Waals surface area contributed by atoms with Crippen LogP contribution in [0.15, 0.2) is 48.8 Å². The summed E-state index contributed by atoms with van der Waals surface area (Å²) < 4.78 is 0.706. The molecule has 1 atom stereocenters. The van der Waals surface area contributed by atoms with Crippen molar-refractivity contribution >= 4 is 5.91 Å². The molecule has 1 aliphatic rings. The van der Waals surface area contributed by atoms with Crippen molar-refractivity contribution < 1.29 is 9.52 Å². The number of rotatable bonds is 4. The Balaban J connectivity index is 1.59. The SMILES string of the molecule is Cc1ccccc1CCC1CCCN(C(=O)c2cc[n+]([O-])cc2)C1. The second-order valence-corrected chi connectivity index (χ2v) is 6.67. The molecule has 0 saturated carbocycles. The zero-order chi connectivity index (χ0) is 16.9. The largest absolute Gasteiger partial charge is 0.619 e. The topological polar surface area (TPSA) is 47.2 Å². The molecule has 1 amide bonds. The van der Waals surface area contributed by atoms with Gasteiger partial charge in [0.1, 0.15) is 0 Å². The van der Waals surface area contributed by atoms with Gasteiger partial charge in [0.05, 0.1) is 5.56 Å². The summed E-state index contributed by atoms with van der Waals surface area (Å²) in [7, 11) is 0. The van der Waals surface area contributed by atoms with E-state index in [0.717, 1.165) is 32.4 Å². The summed E-state index contributed by atoms with van der Waals surface area (Å²) in [5, 5.41) is 11.1. The molecule has 3 rings (SSSR count). The van der Waals surface area contributed by atoms with Crippen LogP contribution in [-0.4, -0.2) is 23.9 Å². The van der Waals surface area contributed by atoms with Crippen molar-refractivity contribution in [3.63, 3.8) is 0 Å². The lowest BCUT2D eigenvalue weighted by atomic mass is 9.90. The molecule has 1 unspecified atom stereocenters. The third-order valence-electron chi connectivity index (χ3n) is 4.94. The van der Waals surface area contributed by atoms with E-state index in [1.165, 1.54) is 29.9 Å². The first-order valence-corrected chi connectivity index (χ1v) is 8.66. The molecule has 1 aromatic heterocycles. The highest BCUT2D eigenvalue weighted by Crippen LogP contribution is 2.23. The summed E-state index contributed by atoms with van der Waals surface area (Å²) in [6, 6.07) is 11.7. The maximum absolute atomic E-state index is 12.6. The van der Waals surface area contributed by atoms with Crippen molar-refractivity contribution in [2.75, 3.05) is 13.1 Å². The summed E-state index contributed by atoms with van der Waals surface area (Å²) in [5.74, 6) is 0.589. The molecule has 2 heterocycles. The summed E-state index contributed by atoms with van der Waals surface area (Å²) in [6.07, 6.45) is 7.19. The Morgan fingerprint density at radius 2 is 2.00 bits per heavy atom. The van der Waals surface area contributed by atoms with Gasteiger partial charge >= 0.3 is 0 Å². The van der Waals surface area contributed by atoms with E-state index in [-0.39, 0.29) is 5.91 Å². The monoisotopic (exact) mass is 324 g/mol. The predicted octanol–water partition coefficient (Wildman–Crippen LogP) is 3.11. The molecular weight excluding hydrogens is 300 g/mol. The maximum atomic E-state index is 12.6. The molecule has 2 aromatic rings. The number of aryl methyl sites for hydroxylation is 2. The smallest absolute Gasteiger partial charge is 0.254 e. The number of nitrogens with zero attached hydrogens (tertiary/aromatic N) is 2. The summed E-state index contributed by atoms with van der Waals surface area (Å²) >= 11 is 0. The van der Waals surface area contributed by atoms with Gasteiger partial charge in [0.15, 0.2) is 12.4 Å². The lowest BCUT2D eigenvalue weighted by Crippen LogP contribution is -2.40. The number of carbonyl (C=O) groups is 1. The first-order valence-electron chi connectivity index (χ1n) is 8.66. The zero-order valence-corrected chi connectivity index (χ0v) is 14.1. The molecule has 1 saturated heterocycles. The van der Waals surface area contributed by atoms with Crippen molar-refractivity contribution in [1.82, 2.24) is 4.90 Å². The highest BCUT2D eigenvalue weighted by Gasteiger charge is 2.24. The van der Waals surface area contributed by atoms with Crippen LogP contribution in [0, 0.1) is 18.0 Å². The fraction of sp³-hybridized carbons (Fsp3) is 0.400. The number of pyridine rings is 1. The maximum Gasteiger partial charge on any atom is 0.254 e. The minimum atomic E-state index is 0.0381. The summed E-state index contributed by atoms with van der Waals surface area (Å²) in [4.78, 5) is 14.5. The van der Waals surface area contributed by atoms with Crippen molar-refractivity contribution in [2.24, 2.45) is 5.92 Å². The van der Waals surface area contributed by atoms with Gasteiger partial charge in [-0.25, -0.2) is 0 Å². The van der Waals surface area contributed by atoms with Crippen molar-refractivity contribution in [1.29, 1.82) is 0 Å². The number of benzene rings is 1. The molecule has 24 heavy (non-hydrogen) atoms. The van der Waals surface area contributed by atoms with Gasteiger partial charge in [-0.3, -0.25) is 4.79 Å². The van der Waals surface area contributed by atoms with E-state index in [9.17, 15) is 10.0 Å². The Morgan fingerprint density at radius 3 is 2.75 bits per heavy atom. The molecule has 0 radical (unpaired) electrons. The van der Waals surface area contributed by atoms with E-state index in [2.05, 4.69) is 31.2 Å². The van der Waals surface area contributed by atoms with Gasteiger partial charge in [0.25, 0.3) is 5.91 Å². The van der Waals surface area contributed by atoms with Crippen LogP contribution in [0.4, 0.5) is 0 Å². The third kappa shape index (κ3) is 3.94. The molecule has 0 bridgehead atoms. The number of likely N-dealkylation sites (tertiary alicyclic amines) is 1. The Morgan fingerprint density at radius 1 is 1.25 bits per heavy atom. The Hall–Kier alpha value is -2.36. The molecule has 0 N–H and O–H groups in total. The first kappa shape index (κ1) is 16.5. The molecule has 1 fully saturated rings. The van der Waals surface area contributed by atoms with Gasteiger partial charge in [-0.1, -0.05) is 24.3 Å². The second kappa shape index (κ2) is 7.47. The van der Waals surface area contributed by atoms with E-state index in [0.29, 0.717) is 16.2 Å². The van der Waals surface area contributed by atoms with Crippen LogP contribution in [0.25, 0.3) is 0 Å². The van der Waals surface area contributed by atoms with E-state index >= 15 is 0 Å². The highest BCUT2D eigenvalue weighted by molar-refractivity contribution is 5.94. The second-order valence-electron chi connectivity index (χ2n) is 6.67. The normalized spacial score (nSPS) is 17.7. The molecule has 1 aliphatic heterocycles. The third-order valence-corrected chi connectivity index (χ3v) is 4.94. The van der Waals surface area contributed by atoms with Gasteiger partial charge < -0.3 is 10.1 Å². The standard InChI is InChI=1S/C20H24N2O2/c1-16-5-2-3-7-18(16)9-8-17-6-4-12-21(15-17)20(23)19-10-13-22(24)14-11-19/h2-3,5,7,10-11,13-14,17H,4,6,8-9,12,15H2,1H3. The molecule has 4 heteroatoms. The van der Waals surface area contributed by atoms with Crippen LogP contribution >= 0.6 is 0 Å². The minimum absolute atomic E-state index is 0.0381. The molecule has 0 aliphatic carbocycles. The zero-order valence-electron chi connectivity index (χ0n) is 14.1. The fourth-order valence-corrected chi connectivity index (χ4v) is 3.47. The van der Waals surface area contributed by atoms with E-state index in [1.54, 1.807) is 12.1 Å². The lowest BCUT2D eigenvalue weighted by Gasteiger charge is -2.33. The summed E-state index contributed by atoms with van der Waals surface area (Å²) in [5.41, 5.74) is 3.35. The number of piperidine rings is 1. The van der Waals surface area contributed by atoms with Crippen LogP contribution in [0.2, 0.25) is 0 Å².